The molecule has 1 saturated heterocycles. The molecule has 1 fully saturated rings. The van der Waals surface area contributed by atoms with Gasteiger partial charge in [0.15, 0.2) is 0 Å². The molecule has 4 heteroatoms. The van der Waals surface area contributed by atoms with Crippen LogP contribution in [0.1, 0.15) is 38.4 Å². The van der Waals surface area contributed by atoms with Crippen molar-refractivity contribution < 1.29 is 0 Å². The van der Waals surface area contributed by atoms with Crippen LogP contribution in [0.5, 0.6) is 0 Å². The van der Waals surface area contributed by atoms with Gasteiger partial charge in [-0.25, -0.2) is 4.98 Å². The highest BCUT2D eigenvalue weighted by atomic mass is 32.1. The predicted molar refractivity (Wildman–Crippen MR) is 78.0 cm³/mol. The van der Waals surface area contributed by atoms with E-state index < -0.39 is 0 Å². The fourth-order valence-corrected chi connectivity index (χ4v) is 3.31. The van der Waals surface area contributed by atoms with Crippen molar-refractivity contribution in [3.8, 4) is 0 Å². The van der Waals surface area contributed by atoms with Crippen molar-refractivity contribution in [1.29, 1.82) is 0 Å². The Morgan fingerprint density at radius 1 is 1.56 bits per heavy atom. The van der Waals surface area contributed by atoms with E-state index in [9.17, 15) is 0 Å². The van der Waals surface area contributed by atoms with E-state index in [-0.39, 0.29) is 5.54 Å². The first-order valence-electron chi connectivity index (χ1n) is 6.77. The first-order chi connectivity index (χ1) is 8.37. The summed E-state index contributed by atoms with van der Waals surface area (Å²) in [6, 6.07) is 0.611. The number of hydrogen-bond donors (Lipinski definition) is 1. The number of aromatic nitrogens is 1. The molecule has 1 aliphatic rings. The Hall–Kier alpha value is -0.450. The van der Waals surface area contributed by atoms with Crippen molar-refractivity contribution in [3.63, 3.8) is 0 Å². The van der Waals surface area contributed by atoms with Crippen molar-refractivity contribution in [1.82, 2.24) is 15.2 Å². The SMILES string of the molecule is Cc1nc(CN2CC(C)(C)NCC2C(C)C)cs1. The molecule has 0 spiro atoms. The Labute approximate surface area is 115 Å². The van der Waals surface area contributed by atoms with E-state index in [0.717, 1.165) is 19.6 Å². The fraction of sp³-hybridized carbons (Fsp3) is 0.786. The monoisotopic (exact) mass is 267 g/mol. The molecule has 18 heavy (non-hydrogen) atoms. The molecule has 0 aliphatic carbocycles. The zero-order valence-electron chi connectivity index (χ0n) is 12.2. The van der Waals surface area contributed by atoms with Crippen LogP contribution in [-0.4, -0.2) is 34.6 Å². The van der Waals surface area contributed by atoms with Gasteiger partial charge in [-0.3, -0.25) is 4.90 Å². The average Bonchev–Trinajstić information content (AvgIpc) is 2.62. The number of rotatable bonds is 3. The molecule has 1 aromatic rings. The van der Waals surface area contributed by atoms with Crippen LogP contribution >= 0.6 is 11.3 Å². The van der Waals surface area contributed by atoms with Crippen molar-refractivity contribution in [2.24, 2.45) is 5.92 Å². The minimum absolute atomic E-state index is 0.205. The lowest BCUT2D eigenvalue weighted by Crippen LogP contribution is -2.62. The molecule has 102 valence electrons. The Kier molecular flexibility index (Phi) is 4.09. The zero-order chi connectivity index (χ0) is 13.3. The van der Waals surface area contributed by atoms with Gasteiger partial charge in [-0.15, -0.1) is 11.3 Å². The standard InChI is InChI=1S/C14H25N3S/c1-10(2)13-6-15-14(4,5)9-17(13)7-12-8-18-11(3)16-12/h8,10,13,15H,6-7,9H2,1-5H3. The van der Waals surface area contributed by atoms with Gasteiger partial charge in [0.2, 0.25) is 0 Å². The molecule has 2 rings (SSSR count). The third-order valence-electron chi connectivity index (χ3n) is 3.66. The smallest absolute Gasteiger partial charge is 0.0897 e. The molecular formula is C14H25N3S. The van der Waals surface area contributed by atoms with Crippen molar-refractivity contribution in [2.45, 2.75) is 52.7 Å². The highest BCUT2D eigenvalue weighted by Gasteiger charge is 2.34. The number of aryl methyl sites for hydroxylation is 1. The second kappa shape index (κ2) is 5.27. The Bertz CT molecular complexity index is 397. The maximum Gasteiger partial charge on any atom is 0.0897 e. The summed E-state index contributed by atoms with van der Waals surface area (Å²) in [4.78, 5) is 7.20. The van der Waals surface area contributed by atoms with Crippen molar-refractivity contribution in [2.75, 3.05) is 13.1 Å². The predicted octanol–water partition coefficient (Wildman–Crippen LogP) is 2.66. The first-order valence-corrected chi connectivity index (χ1v) is 7.65. The van der Waals surface area contributed by atoms with Crippen molar-refractivity contribution in [3.05, 3.63) is 16.1 Å². The van der Waals surface area contributed by atoms with Gasteiger partial charge in [-0.1, -0.05) is 13.8 Å². The molecule has 1 aromatic heterocycles. The lowest BCUT2D eigenvalue weighted by molar-refractivity contribution is 0.0618. The van der Waals surface area contributed by atoms with Crippen LogP contribution in [0.4, 0.5) is 0 Å². The highest BCUT2D eigenvalue weighted by Crippen LogP contribution is 2.22. The highest BCUT2D eigenvalue weighted by molar-refractivity contribution is 7.09. The number of piperazine rings is 1. The van der Waals surface area contributed by atoms with E-state index >= 15 is 0 Å². The van der Waals surface area contributed by atoms with Crippen LogP contribution in [0, 0.1) is 12.8 Å². The van der Waals surface area contributed by atoms with Gasteiger partial charge in [0, 0.05) is 36.6 Å². The maximum atomic E-state index is 4.60. The quantitative estimate of drug-likeness (QED) is 0.912. The van der Waals surface area contributed by atoms with Gasteiger partial charge in [0.1, 0.15) is 0 Å². The summed E-state index contributed by atoms with van der Waals surface area (Å²) in [5, 5.41) is 7.01. The summed E-state index contributed by atoms with van der Waals surface area (Å²) in [5.74, 6) is 0.674. The third-order valence-corrected chi connectivity index (χ3v) is 4.48. The fourth-order valence-electron chi connectivity index (χ4n) is 2.71. The number of nitrogens with one attached hydrogen (secondary N) is 1. The molecule has 1 atom stereocenters. The Morgan fingerprint density at radius 3 is 2.83 bits per heavy atom. The molecule has 0 amide bonds. The van der Waals surface area contributed by atoms with Gasteiger partial charge in [0.25, 0.3) is 0 Å². The molecule has 3 nitrogen and oxygen atoms in total. The van der Waals surface area contributed by atoms with E-state index in [1.807, 2.05) is 0 Å². The summed E-state index contributed by atoms with van der Waals surface area (Å²) in [5.41, 5.74) is 1.43. The van der Waals surface area contributed by atoms with Gasteiger partial charge in [0.05, 0.1) is 10.7 Å². The van der Waals surface area contributed by atoms with E-state index in [4.69, 9.17) is 0 Å². The van der Waals surface area contributed by atoms with E-state index in [1.165, 1.54) is 10.7 Å². The second-order valence-corrected chi connectivity index (χ2v) is 7.40. The first kappa shape index (κ1) is 14.0. The molecule has 0 radical (unpaired) electrons. The summed E-state index contributed by atoms with van der Waals surface area (Å²) in [7, 11) is 0. The normalized spacial score (nSPS) is 24.7. The maximum absolute atomic E-state index is 4.60. The third kappa shape index (κ3) is 3.31. The largest absolute Gasteiger partial charge is 0.309 e. The summed E-state index contributed by atoms with van der Waals surface area (Å²) in [6.07, 6.45) is 0. The van der Waals surface area contributed by atoms with Crippen LogP contribution in [-0.2, 0) is 6.54 Å². The van der Waals surface area contributed by atoms with Crippen LogP contribution < -0.4 is 5.32 Å². The summed E-state index contributed by atoms with van der Waals surface area (Å²) in [6.45, 7) is 14.4. The lowest BCUT2D eigenvalue weighted by Gasteiger charge is -2.46. The number of thiazole rings is 1. The minimum Gasteiger partial charge on any atom is -0.309 e. The summed E-state index contributed by atoms with van der Waals surface area (Å²) < 4.78 is 0. The summed E-state index contributed by atoms with van der Waals surface area (Å²) >= 11 is 1.75. The Morgan fingerprint density at radius 2 is 2.28 bits per heavy atom. The molecule has 1 unspecified atom stereocenters. The van der Waals surface area contributed by atoms with Crippen LogP contribution in [0.25, 0.3) is 0 Å². The van der Waals surface area contributed by atoms with Crippen LogP contribution in [0.15, 0.2) is 5.38 Å². The van der Waals surface area contributed by atoms with E-state index in [0.29, 0.717) is 12.0 Å². The van der Waals surface area contributed by atoms with Crippen LogP contribution in [0.3, 0.4) is 0 Å². The topological polar surface area (TPSA) is 28.2 Å². The van der Waals surface area contributed by atoms with E-state index in [2.05, 4.69) is 55.2 Å². The average molecular weight is 267 g/mol. The van der Waals surface area contributed by atoms with Gasteiger partial charge in [-0.05, 0) is 26.7 Å². The van der Waals surface area contributed by atoms with E-state index in [1.54, 1.807) is 11.3 Å². The van der Waals surface area contributed by atoms with Gasteiger partial charge in [-0.2, -0.15) is 0 Å². The molecule has 0 bridgehead atoms. The Balaban J connectivity index is 2.10. The molecule has 2 heterocycles. The van der Waals surface area contributed by atoms with Crippen molar-refractivity contribution >= 4 is 11.3 Å². The van der Waals surface area contributed by atoms with Gasteiger partial charge < -0.3 is 5.32 Å². The number of nitrogens with zero attached hydrogens (tertiary/aromatic N) is 2. The minimum atomic E-state index is 0.205. The lowest BCUT2D eigenvalue weighted by atomic mass is 9.93. The molecule has 0 saturated carbocycles. The second-order valence-electron chi connectivity index (χ2n) is 6.34. The molecule has 0 aromatic carbocycles. The molecule has 1 N–H and O–H groups in total. The van der Waals surface area contributed by atoms with Gasteiger partial charge >= 0.3 is 0 Å². The van der Waals surface area contributed by atoms with Crippen LogP contribution in [0.2, 0.25) is 0 Å². The molecular weight excluding hydrogens is 242 g/mol. The number of hydrogen-bond acceptors (Lipinski definition) is 4. The molecule has 1 aliphatic heterocycles. The zero-order valence-corrected chi connectivity index (χ0v) is 13.0.